The fourth-order valence-corrected chi connectivity index (χ4v) is 4.80. The van der Waals surface area contributed by atoms with E-state index in [0.717, 1.165) is 13.1 Å². The Labute approximate surface area is 121 Å². The summed E-state index contributed by atoms with van der Waals surface area (Å²) in [6.07, 6.45) is 1.22. The van der Waals surface area contributed by atoms with E-state index in [4.69, 9.17) is 4.52 Å². The second-order valence-corrected chi connectivity index (χ2v) is 10.1. The van der Waals surface area contributed by atoms with Gasteiger partial charge in [-0.3, -0.25) is 0 Å². The Morgan fingerprint density at radius 1 is 0.737 bits per heavy atom. The minimum absolute atomic E-state index is 0.101. The molecule has 1 aliphatic rings. The van der Waals surface area contributed by atoms with Gasteiger partial charge in [-0.2, -0.15) is 0 Å². The molecule has 0 unspecified atom stereocenters. The molecule has 0 spiro atoms. The molecule has 0 N–H and O–H groups in total. The van der Waals surface area contributed by atoms with Crippen LogP contribution in [0.2, 0.25) is 0 Å². The van der Waals surface area contributed by atoms with Crippen molar-refractivity contribution in [3.05, 3.63) is 0 Å². The van der Waals surface area contributed by atoms with E-state index in [0.29, 0.717) is 0 Å². The smallest absolute Gasteiger partial charge is 0.189 e. The van der Waals surface area contributed by atoms with Crippen molar-refractivity contribution in [2.45, 2.75) is 85.4 Å². The molecule has 0 bridgehead atoms. The molecule has 114 valence electrons. The molecule has 1 aliphatic heterocycles. The van der Waals surface area contributed by atoms with Crippen LogP contribution in [0.5, 0.6) is 0 Å². The molecule has 19 heavy (non-hydrogen) atoms. The van der Waals surface area contributed by atoms with Gasteiger partial charge in [0, 0.05) is 24.2 Å². The monoisotopic (exact) mass is 288 g/mol. The Bertz CT molecular complexity index is 277. The third-order valence-corrected chi connectivity index (χ3v) is 6.19. The second-order valence-electron chi connectivity index (χ2n) is 8.40. The van der Waals surface area contributed by atoms with Crippen LogP contribution in [0, 0.1) is 0 Å². The van der Waals surface area contributed by atoms with Gasteiger partial charge in [-0.15, -0.1) is 0 Å². The highest BCUT2D eigenvalue weighted by atomic mass is 31.2. The maximum atomic E-state index is 6.47. The molecule has 0 aromatic rings. The Morgan fingerprint density at radius 3 is 1.37 bits per heavy atom. The van der Waals surface area contributed by atoms with Crippen LogP contribution in [0.4, 0.5) is 0 Å². The van der Waals surface area contributed by atoms with Crippen LogP contribution in [0.1, 0.15) is 68.7 Å². The highest BCUT2D eigenvalue weighted by molar-refractivity contribution is 7.47. The normalized spacial score (nSPS) is 21.9. The van der Waals surface area contributed by atoms with Crippen LogP contribution in [0.15, 0.2) is 0 Å². The molecule has 0 aromatic heterocycles. The number of hydrogen-bond donors (Lipinski definition) is 0. The largest absolute Gasteiger partial charge is 0.325 e. The Hall–Kier alpha value is 0.310. The summed E-state index contributed by atoms with van der Waals surface area (Å²) in [7, 11) is -0.696. The van der Waals surface area contributed by atoms with E-state index < -0.39 is 8.45 Å². The maximum absolute atomic E-state index is 6.47. The molecule has 1 rings (SSSR count). The molecule has 0 amide bonds. The minimum atomic E-state index is -0.696. The zero-order valence-corrected chi connectivity index (χ0v) is 15.3. The SMILES string of the molecule is CC(C)(C)OP1N(C(C)(C)C)CCCN1C(C)(C)C. The van der Waals surface area contributed by atoms with Crippen molar-refractivity contribution in [1.82, 2.24) is 9.34 Å². The van der Waals surface area contributed by atoms with Gasteiger partial charge in [0.05, 0.1) is 5.60 Å². The lowest BCUT2D eigenvalue weighted by Crippen LogP contribution is -2.52. The lowest BCUT2D eigenvalue weighted by molar-refractivity contribution is 0.0693. The summed E-state index contributed by atoms with van der Waals surface area (Å²) in [5.41, 5.74) is 0.206. The first-order valence-electron chi connectivity index (χ1n) is 7.37. The summed E-state index contributed by atoms with van der Waals surface area (Å²) in [4.78, 5) is 0. The molecule has 1 saturated heterocycles. The summed E-state index contributed by atoms with van der Waals surface area (Å²) in [6, 6.07) is 0. The van der Waals surface area contributed by atoms with Crippen molar-refractivity contribution >= 4 is 8.45 Å². The lowest BCUT2D eigenvalue weighted by atomic mass is 10.1. The van der Waals surface area contributed by atoms with Crippen LogP contribution < -0.4 is 0 Å². The van der Waals surface area contributed by atoms with Crippen LogP contribution in [0.25, 0.3) is 0 Å². The first kappa shape index (κ1) is 17.4. The van der Waals surface area contributed by atoms with Gasteiger partial charge in [-0.25, -0.2) is 9.34 Å². The molecule has 0 saturated carbocycles. The van der Waals surface area contributed by atoms with Crippen molar-refractivity contribution in [2.75, 3.05) is 13.1 Å². The van der Waals surface area contributed by atoms with E-state index in [1.54, 1.807) is 0 Å². The standard InChI is InChI=1S/C15H33N2OP/c1-13(2,3)16-11-10-12-17(14(4,5)6)19(16)18-15(7,8)9/h10-12H2,1-9H3. The number of nitrogens with zero attached hydrogens (tertiary/aromatic N) is 2. The summed E-state index contributed by atoms with van der Waals surface area (Å²) in [5, 5.41) is 0. The predicted molar refractivity (Wildman–Crippen MR) is 85.3 cm³/mol. The summed E-state index contributed by atoms with van der Waals surface area (Å²) >= 11 is 0. The summed E-state index contributed by atoms with van der Waals surface area (Å²) < 4.78 is 11.6. The second kappa shape index (κ2) is 5.60. The molecular weight excluding hydrogens is 255 g/mol. The summed E-state index contributed by atoms with van der Waals surface area (Å²) in [5.74, 6) is 0. The van der Waals surface area contributed by atoms with Crippen molar-refractivity contribution in [3.63, 3.8) is 0 Å². The van der Waals surface area contributed by atoms with Gasteiger partial charge in [-0.05, 0) is 68.7 Å². The molecule has 1 fully saturated rings. The van der Waals surface area contributed by atoms with Gasteiger partial charge in [0.2, 0.25) is 0 Å². The van der Waals surface area contributed by atoms with Crippen LogP contribution in [-0.4, -0.2) is 39.1 Å². The van der Waals surface area contributed by atoms with E-state index in [2.05, 4.69) is 71.7 Å². The minimum Gasteiger partial charge on any atom is -0.325 e. The fraction of sp³-hybridized carbons (Fsp3) is 1.00. The Kier molecular flexibility index (Phi) is 5.11. The average Bonchev–Trinajstić information content (AvgIpc) is 2.11. The van der Waals surface area contributed by atoms with Gasteiger partial charge < -0.3 is 4.52 Å². The summed E-state index contributed by atoms with van der Waals surface area (Å²) in [6.45, 7) is 22.5. The van der Waals surface area contributed by atoms with Gasteiger partial charge in [0.1, 0.15) is 0 Å². The van der Waals surface area contributed by atoms with E-state index in [-0.39, 0.29) is 16.7 Å². The molecule has 0 atom stereocenters. The highest BCUT2D eigenvalue weighted by Gasteiger charge is 2.43. The van der Waals surface area contributed by atoms with Crippen molar-refractivity contribution < 1.29 is 4.52 Å². The van der Waals surface area contributed by atoms with E-state index in [1.807, 2.05) is 0 Å². The quantitative estimate of drug-likeness (QED) is 0.654. The van der Waals surface area contributed by atoms with Crippen molar-refractivity contribution in [2.24, 2.45) is 0 Å². The molecule has 0 radical (unpaired) electrons. The van der Waals surface area contributed by atoms with Crippen LogP contribution in [-0.2, 0) is 4.52 Å². The number of rotatable bonds is 1. The topological polar surface area (TPSA) is 15.7 Å². The third-order valence-electron chi connectivity index (χ3n) is 3.06. The molecule has 4 heteroatoms. The first-order valence-corrected chi connectivity index (χ1v) is 8.53. The Morgan fingerprint density at radius 2 is 1.11 bits per heavy atom. The number of hydrogen-bond acceptors (Lipinski definition) is 3. The van der Waals surface area contributed by atoms with Crippen LogP contribution >= 0.6 is 8.45 Å². The zero-order chi connectivity index (χ0) is 15.1. The van der Waals surface area contributed by atoms with Crippen molar-refractivity contribution in [3.8, 4) is 0 Å². The fourth-order valence-electron chi connectivity index (χ4n) is 2.20. The van der Waals surface area contributed by atoms with E-state index in [9.17, 15) is 0 Å². The lowest BCUT2D eigenvalue weighted by Gasteiger charge is -2.53. The van der Waals surface area contributed by atoms with E-state index in [1.165, 1.54) is 6.42 Å². The molecule has 0 aromatic carbocycles. The first-order chi connectivity index (χ1) is 8.32. The maximum Gasteiger partial charge on any atom is 0.189 e. The van der Waals surface area contributed by atoms with E-state index >= 15 is 0 Å². The zero-order valence-electron chi connectivity index (χ0n) is 14.4. The average molecular weight is 288 g/mol. The molecular formula is C15H33N2OP. The van der Waals surface area contributed by atoms with Gasteiger partial charge in [-0.1, -0.05) is 0 Å². The molecule has 0 aliphatic carbocycles. The molecule has 3 nitrogen and oxygen atoms in total. The highest BCUT2D eigenvalue weighted by Crippen LogP contribution is 2.56. The van der Waals surface area contributed by atoms with Gasteiger partial charge in [0.25, 0.3) is 0 Å². The van der Waals surface area contributed by atoms with Crippen molar-refractivity contribution in [1.29, 1.82) is 0 Å². The Balaban J connectivity index is 3.05. The molecule has 1 heterocycles. The predicted octanol–water partition coefficient (Wildman–Crippen LogP) is 4.63. The van der Waals surface area contributed by atoms with Crippen LogP contribution in [0.3, 0.4) is 0 Å². The van der Waals surface area contributed by atoms with Gasteiger partial charge in [0.15, 0.2) is 8.45 Å². The van der Waals surface area contributed by atoms with Gasteiger partial charge >= 0.3 is 0 Å². The third kappa shape index (κ3) is 4.97.